The smallest absolute Gasteiger partial charge is 0.253 e. The number of nitrogens with two attached hydrogens (primary N) is 1. The normalized spacial score (nSPS) is 10.9. The Morgan fingerprint density at radius 1 is 1.57 bits per heavy atom. The number of aromatic amines is 1. The van der Waals surface area contributed by atoms with Crippen molar-refractivity contribution in [2.75, 3.05) is 5.73 Å². The van der Waals surface area contributed by atoms with Crippen molar-refractivity contribution in [2.24, 2.45) is 0 Å². The Labute approximate surface area is 80.6 Å². The van der Waals surface area contributed by atoms with Crippen LogP contribution in [0.5, 0.6) is 0 Å². The van der Waals surface area contributed by atoms with E-state index in [1.807, 2.05) is 6.07 Å². The van der Waals surface area contributed by atoms with E-state index in [2.05, 4.69) is 17.0 Å². The molecule has 2 heterocycles. The molecule has 0 radical (unpaired) electrons. The van der Waals surface area contributed by atoms with Gasteiger partial charge >= 0.3 is 0 Å². The van der Waals surface area contributed by atoms with Gasteiger partial charge in [0.15, 0.2) is 0 Å². The summed E-state index contributed by atoms with van der Waals surface area (Å²) >= 11 is 0. The molecule has 74 valence electrons. The molecule has 5 nitrogen and oxygen atoms in total. The molecule has 0 amide bonds. The lowest BCUT2D eigenvalue weighted by molar-refractivity contribution is 0.836. The number of fused-ring (bicyclic) bond motifs is 1. The predicted octanol–water partition coefficient (Wildman–Crippen LogP) is 0.557. The standard InChI is InChI=1S/C9H12N4O/c1-2-3-6-4-8-11-9(14)5-7(10)13(8)12-6/h4-5H,2-3,10H2,1H3,(H,11,14). The van der Waals surface area contributed by atoms with Gasteiger partial charge in [0, 0.05) is 12.1 Å². The molecule has 0 atom stereocenters. The van der Waals surface area contributed by atoms with Crippen LogP contribution < -0.4 is 11.3 Å². The van der Waals surface area contributed by atoms with Gasteiger partial charge in [-0.05, 0) is 6.42 Å². The lowest BCUT2D eigenvalue weighted by atomic mass is 10.2. The highest BCUT2D eigenvalue weighted by Gasteiger charge is 2.04. The van der Waals surface area contributed by atoms with Crippen LogP contribution in [0.25, 0.3) is 5.65 Å². The van der Waals surface area contributed by atoms with Crippen molar-refractivity contribution in [3.8, 4) is 0 Å². The monoisotopic (exact) mass is 192 g/mol. The summed E-state index contributed by atoms with van der Waals surface area (Å²) in [4.78, 5) is 13.8. The van der Waals surface area contributed by atoms with Crippen LogP contribution >= 0.6 is 0 Å². The van der Waals surface area contributed by atoms with Crippen LogP contribution in [0.4, 0.5) is 5.82 Å². The van der Waals surface area contributed by atoms with Crippen molar-refractivity contribution >= 4 is 11.5 Å². The lowest BCUT2D eigenvalue weighted by Crippen LogP contribution is -2.10. The van der Waals surface area contributed by atoms with E-state index in [-0.39, 0.29) is 5.56 Å². The molecule has 14 heavy (non-hydrogen) atoms. The van der Waals surface area contributed by atoms with Gasteiger partial charge in [-0.3, -0.25) is 4.79 Å². The summed E-state index contributed by atoms with van der Waals surface area (Å²) in [5.41, 5.74) is 7.05. The quantitative estimate of drug-likeness (QED) is 0.729. The van der Waals surface area contributed by atoms with Crippen molar-refractivity contribution < 1.29 is 0 Å². The van der Waals surface area contributed by atoms with Crippen LogP contribution in [-0.2, 0) is 6.42 Å². The molecule has 0 saturated carbocycles. The third-order valence-electron chi connectivity index (χ3n) is 2.04. The molecule has 0 spiro atoms. The Morgan fingerprint density at radius 2 is 2.36 bits per heavy atom. The summed E-state index contributed by atoms with van der Waals surface area (Å²) in [6.45, 7) is 2.08. The molecule has 0 aliphatic carbocycles. The molecule has 3 N–H and O–H groups in total. The molecular weight excluding hydrogens is 180 g/mol. The van der Waals surface area contributed by atoms with Crippen LogP contribution in [-0.4, -0.2) is 14.6 Å². The van der Waals surface area contributed by atoms with E-state index in [1.165, 1.54) is 6.07 Å². The number of H-pyrrole nitrogens is 1. The molecule has 0 aliphatic rings. The Hall–Kier alpha value is -1.78. The van der Waals surface area contributed by atoms with Crippen LogP contribution in [0.1, 0.15) is 19.0 Å². The van der Waals surface area contributed by atoms with Crippen molar-refractivity contribution in [1.29, 1.82) is 0 Å². The average Bonchev–Trinajstić information content (AvgIpc) is 2.48. The zero-order valence-electron chi connectivity index (χ0n) is 7.95. The van der Waals surface area contributed by atoms with E-state index in [4.69, 9.17) is 5.73 Å². The summed E-state index contributed by atoms with van der Waals surface area (Å²) in [7, 11) is 0. The third kappa shape index (κ3) is 1.37. The molecule has 0 aromatic carbocycles. The largest absolute Gasteiger partial charge is 0.383 e. The maximum Gasteiger partial charge on any atom is 0.253 e. The van der Waals surface area contributed by atoms with Gasteiger partial charge in [-0.2, -0.15) is 5.10 Å². The van der Waals surface area contributed by atoms with Gasteiger partial charge < -0.3 is 10.7 Å². The van der Waals surface area contributed by atoms with E-state index in [0.29, 0.717) is 11.5 Å². The van der Waals surface area contributed by atoms with Gasteiger partial charge in [0.1, 0.15) is 11.5 Å². The van der Waals surface area contributed by atoms with Crippen molar-refractivity contribution in [1.82, 2.24) is 14.6 Å². The average molecular weight is 192 g/mol. The highest BCUT2D eigenvalue weighted by Crippen LogP contribution is 2.07. The van der Waals surface area contributed by atoms with E-state index >= 15 is 0 Å². The van der Waals surface area contributed by atoms with Crippen LogP contribution in [0, 0.1) is 0 Å². The van der Waals surface area contributed by atoms with Gasteiger partial charge in [0.05, 0.1) is 5.69 Å². The van der Waals surface area contributed by atoms with Crippen LogP contribution in [0.2, 0.25) is 0 Å². The minimum absolute atomic E-state index is 0.196. The molecule has 0 unspecified atom stereocenters. The van der Waals surface area contributed by atoms with Crippen LogP contribution in [0.15, 0.2) is 16.9 Å². The number of rotatable bonds is 2. The maximum absolute atomic E-state index is 11.1. The summed E-state index contributed by atoms with van der Waals surface area (Å²) in [6.07, 6.45) is 1.91. The molecule has 0 fully saturated rings. The highest BCUT2D eigenvalue weighted by atomic mass is 16.1. The van der Waals surface area contributed by atoms with Gasteiger partial charge in [-0.15, -0.1) is 0 Å². The zero-order valence-corrected chi connectivity index (χ0v) is 7.95. The van der Waals surface area contributed by atoms with E-state index in [9.17, 15) is 4.79 Å². The van der Waals surface area contributed by atoms with E-state index < -0.39 is 0 Å². The van der Waals surface area contributed by atoms with Gasteiger partial charge in [0.2, 0.25) is 0 Å². The second-order valence-corrected chi connectivity index (χ2v) is 3.24. The minimum Gasteiger partial charge on any atom is -0.383 e. The Balaban J connectivity index is 2.64. The summed E-state index contributed by atoms with van der Waals surface area (Å²) in [5.74, 6) is 0.367. The van der Waals surface area contributed by atoms with Gasteiger partial charge in [0.25, 0.3) is 5.56 Å². The number of aromatic nitrogens is 3. The number of nitrogens with one attached hydrogen (secondary N) is 1. The fourth-order valence-corrected chi connectivity index (χ4v) is 1.45. The fraction of sp³-hybridized carbons (Fsp3) is 0.333. The predicted molar refractivity (Wildman–Crippen MR) is 54.2 cm³/mol. The van der Waals surface area contributed by atoms with Crippen molar-refractivity contribution in [2.45, 2.75) is 19.8 Å². The SMILES string of the molecule is CCCc1cc2[nH]c(=O)cc(N)n2n1. The number of aryl methyl sites for hydroxylation is 1. The highest BCUT2D eigenvalue weighted by molar-refractivity contribution is 5.46. The molecule has 0 bridgehead atoms. The molecule has 2 rings (SSSR count). The molecule has 2 aromatic rings. The minimum atomic E-state index is -0.196. The first-order valence-electron chi connectivity index (χ1n) is 4.58. The Morgan fingerprint density at radius 3 is 3.07 bits per heavy atom. The first-order valence-corrected chi connectivity index (χ1v) is 4.58. The zero-order chi connectivity index (χ0) is 10.1. The topological polar surface area (TPSA) is 76.2 Å². The van der Waals surface area contributed by atoms with Gasteiger partial charge in [-0.25, -0.2) is 4.52 Å². The molecular formula is C9H12N4O. The summed E-state index contributed by atoms with van der Waals surface area (Å²) in [5, 5.41) is 4.26. The number of hydrogen-bond acceptors (Lipinski definition) is 3. The van der Waals surface area contributed by atoms with E-state index in [0.717, 1.165) is 18.5 Å². The number of nitrogen functional groups attached to an aromatic ring is 1. The number of nitrogens with zero attached hydrogens (tertiary/aromatic N) is 2. The van der Waals surface area contributed by atoms with Gasteiger partial charge in [-0.1, -0.05) is 13.3 Å². The number of anilines is 1. The second kappa shape index (κ2) is 3.17. The van der Waals surface area contributed by atoms with E-state index in [1.54, 1.807) is 4.52 Å². The fourth-order valence-electron chi connectivity index (χ4n) is 1.45. The molecule has 5 heteroatoms. The maximum atomic E-state index is 11.1. The first-order chi connectivity index (χ1) is 6.70. The first kappa shape index (κ1) is 8.80. The molecule has 2 aromatic heterocycles. The van der Waals surface area contributed by atoms with Crippen molar-refractivity contribution in [3.63, 3.8) is 0 Å². The molecule has 0 aliphatic heterocycles. The summed E-state index contributed by atoms with van der Waals surface area (Å²) in [6, 6.07) is 3.18. The Kier molecular flexibility index (Phi) is 1.99. The molecule has 0 saturated heterocycles. The third-order valence-corrected chi connectivity index (χ3v) is 2.04. The second-order valence-electron chi connectivity index (χ2n) is 3.24. The Bertz CT molecular complexity index is 511. The number of hydrogen-bond donors (Lipinski definition) is 2. The lowest BCUT2D eigenvalue weighted by Gasteiger charge is -1.95. The summed E-state index contributed by atoms with van der Waals surface area (Å²) < 4.78 is 1.55. The van der Waals surface area contributed by atoms with Crippen LogP contribution in [0.3, 0.4) is 0 Å². The van der Waals surface area contributed by atoms with Crippen molar-refractivity contribution in [3.05, 3.63) is 28.2 Å².